The number of nitrogens with zero attached hydrogens (tertiary/aromatic N) is 1. The van der Waals surface area contributed by atoms with Gasteiger partial charge in [-0.3, -0.25) is 14.5 Å². The van der Waals surface area contributed by atoms with Crippen LogP contribution in [0.25, 0.3) is 5.76 Å². The fourth-order valence-corrected chi connectivity index (χ4v) is 4.43. The Labute approximate surface area is 204 Å². The molecule has 180 valence electrons. The van der Waals surface area contributed by atoms with E-state index >= 15 is 0 Å². The van der Waals surface area contributed by atoms with Crippen molar-refractivity contribution in [2.45, 2.75) is 19.9 Å². The van der Waals surface area contributed by atoms with Crippen molar-refractivity contribution in [3.63, 3.8) is 0 Å². The zero-order valence-corrected chi connectivity index (χ0v) is 20.3. The molecule has 1 aliphatic heterocycles. The summed E-state index contributed by atoms with van der Waals surface area (Å²) < 4.78 is 16.0. The van der Waals surface area contributed by atoms with Gasteiger partial charge in [-0.25, -0.2) is 0 Å². The van der Waals surface area contributed by atoms with Crippen molar-refractivity contribution in [3.05, 3.63) is 88.5 Å². The first-order valence-electron chi connectivity index (χ1n) is 11.0. The lowest BCUT2D eigenvalue weighted by Gasteiger charge is -2.26. The van der Waals surface area contributed by atoms with E-state index in [1.807, 2.05) is 32.0 Å². The van der Waals surface area contributed by atoms with E-state index in [-0.39, 0.29) is 16.9 Å². The van der Waals surface area contributed by atoms with Crippen LogP contribution in [-0.2, 0) is 9.59 Å². The van der Waals surface area contributed by atoms with Crippen LogP contribution in [0.3, 0.4) is 0 Å². The second-order valence-corrected chi connectivity index (χ2v) is 8.35. The van der Waals surface area contributed by atoms with Crippen LogP contribution in [0.15, 0.2) is 66.2 Å². The highest BCUT2D eigenvalue weighted by Gasteiger charge is 2.47. The Hall–Kier alpha value is -4.26. The minimum atomic E-state index is -0.863. The number of carbonyl (C=O) groups is 2. The standard InChI is InChI=1S/C28H27NO6/c1-16-12-17(2)14-19(13-16)29-25(18-6-8-20(33-3)9-7-18)24(27(31)28(29)32)26(30)22-15-21(34-4)10-11-23(22)35-5/h6-15,25,30H,1-5H3/b26-24+. The van der Waals surface area contributed by atoms with Crippen LogP contribution in [0.1, 0.15) is 28.3 Å². The van der Waals surface area contributed by atoms with Gasteiger partial charge >= 0.3 is 0 Å². The largest absolute Gasteiger partial charge is 0.507 e. The maximum Gasteiger partial charge on any atom is 0.300 e. The third-order valence-electron chi connectivity index (χ3n) is 6.02. The molecule has 7 heteroatoms. The van der Waals surface area contributed by atoms with Crippen molar-refractivity contribution in [2.24, 2.45) is 0 Å². The molecule has 1 fully saturated rings. The summed E-state index contributed by atoms with van der Waals surface area (Å²) in [4.78, 5) is 28.3. The predicted molar refractivity (Wildman–Crippen MR) is 133 cm³/mol. The molecular formula is C28H27NO6. The van der Waals surface area contributed by atoms with Crippen molar-refractivity contribution in [1.29, 1.82) is 0 Å². The van der Waals surface area contributed by atoms with Gasteiger partial charge in [0.1, 0.15) is 23.0 Å². The molecule has 3 aromatic rings. The Morgan fingerprint density at radius 1 is 0.800 bits per heavy atom. The van der Waals surface area contributed by atoms with Crippen LogP contribution in [-0.4, -0.2) is 38.1 Å². The molecule has 0 saturated carbocycles. The van der Waals surface area contributed by atoms with Gasteiger partial charge in [0, 0.05) is 5.69 Å². The molecule has 1 heterocycles. The van der Waals surface area contributed by atoms with E-state index < -0.39 is 17.7 Å². The first-order chi connectivity index (χ1) is 16.8. The predicted octanol–water partition coefficient (Wildman–Crippen LogP) is 4.96. The van der Waals surface area contributed by atoms with Gasteiger partial charge in [-0.15, -0.1) is 0 Å². The quantitative estimate of drug-likeness (QED) is 0.310. The minimum absolute atomic E-state index is 0.0362. The SMILES string of the molecule is COc1ccc(C2/C(=C(\O)c3cc(OC)ccc3OC)C(=O)C(=O)N2c2cc(C)cc(C)c2)cc1. The third kappa shape index (κ3) is 4.33. The Morgan fingerprint density at radius 3 is 1.97 bits per heavy atom. The second-order valence-electron chi connectivity index (χ2n) is 8.35. The highest BCUT2D eigenvalue weighted by Crippen LogP contribution is 2.44. The fraction of sp³-hybridized carbons (Fsp3) is 0.214. The summed E-state index contributed by atoms with van der Waals surface area (Å²) in [5.74, 6) is -0.406. The number of aliphatic hydroxyl groups is 1. The second kappa shape index (κ2) is 9.54. The summed E-state index contributed by atoms with van der Waals surface area (Å²) in [6.45, 7) is 3.85. The Morgan fingerprint density at radius 2 is 1.40 bits per heavy atom. The van der Waals surface area contributed by atoms with E-state index in [0.717, 1.165) is 11.1 Å². The summed E-state index contributed by atoms with van der Waals surface area (Å²) in [5, 5.41) is 11.5. The van der Waals surface area contributed by atoms with Crippen molar-refractivity contribution in [2.75, 3.05) is 26.2 Å². The summed E-state index contributed by atoms with van der Waals surface area (Å²) in [5.41, 5.74) is 3.33. The van der Waals surface area contributed by atoms with Gasteiger partial charge in [-0.05, 0) is 73.0 Å². The number of benzene rings is 3. The summed E-state index contributed by atoms with van der Waals surface area (Å²) >= 11 is 0. The number of aliphatic hydroxyl groups excluding tert-OH is 1. The number of ketones is 1. The first-order valence-corrected chi connectivity index (χ1v) is 11.0. The van der Waals surface area contributed by atoms with Crippen molar-refractivity contribution in [1.82, 2.24) is 0 Å². The molecule has 35 heavy (non-hydrogen) atoms. The van der Waals surface area contributed by atoms with Crippen molar-refractivity contribution < 1.29 is 28.9 Å². The van der Waals surface area contributed by atoms with E-state index in [2.05, 4.69) is 0 Å². The number of anilines is 1. The zero-order valence-electron chi connectivity index (χ0n) is 20.3. The van der Waals surface area contributed by atoms with Crippen LogP contribution >= 0.6 is 0 Å². The molecule has 4 rings (SSSR count). The summed E-state index contributed by atoms with van der Waals surface area (Å²) in [6.07, 6.45) is 0. The molecule has 1 atom stereocenters. The van der Waals surface area contributed by atoms with E-state index in [1.54, 1.807) is 49.6 Å². The number of hydrogen-bond acceptors (Lipinski definition) is 6. The molecule has 1 amide bonds. The molecule has 1 N–H and O–H groups in total. The lowest BCUT2D eigenvalue weighted by atomic mass is 9.94. The van der Waals surface area contributed by atoms with Gasteiger partial charge in [0.25, 0.3) is 11.7 Å². The monoisotopic (exact) mass is 473 g/mol. The average Bonchev–Trinajstić information content (AvgIpc) is 3.12. The number of rotatable bonds is 6. The van der Waals surface area contributed by atoms with Crippen LogP contribution in [0, 0.1) is 13.8 Å². The summed E-state index contributed by atoms with van der Waals surface area (Å²) in [7, 11) is 4.53. The highest BCUT2D eigenvalue weighted by molar-refractivity contribution is 6.51. The van der Waals surface area contributed by atoms with E-state index in [0.29, 0.717) is 28.5 Å². The number of ether oxygens (including phenoxy) is 3. The normalized spacial score (nSPS) is 16.9. The van der Waals surface area contributed by atoms with Gasteiger partial charge < -0.3 is 19.3 Å². The van der Waals surface area contributed by atoms with E-state index in [1.165, 1.54) is 19.1 Å². The van der Waals surface area contributed by atoms with Gasteiger partial charge in [0.2, 0.25) is 0 Å². The molecular weight excluding hydrogens is 446 g/mol. The maximum atomic E-state index is 13.4. The Bertz CT molecular complexity index is 1310. The molecule has 1 aliphatic rings. The lowest BCUT2D eigenvalue weighted by molar-refractivity contribution is -0.132. The fourth-order valence-electron chi connectivity index (χ4n) is 4.43. The molecule has 7 nitrogen and oxygen atoms in total. The number of aryl methyl sites for hydroxylation is 2. The van der Waals surface area contributed by atoms with Crippen LogP contribution in [0.2, 0.25) is 0 Å². The molecule has 0 bridgehead atoms. The molecule has 0 aromatic heterocycles. The molecule has 0 spiro atoms. The lowest BCUT2D eigenvalue weighted by Crippen LogP contribution is -2.29. The molecule has 3 aromatic carbocycles. The van der Waals surface area contributed by atoms with Crippen LogP contribution < -0.4 is 19.1 Å². The number of Topliss-reactive ketones (excluding diaryl/α,β-unsaturated/α-hetero) is 1. The number of carbonyl (C=O) groups excluding carboxylic acids is 2. The van der Waals surface area contributed by atoms with Gasteiger partial charge in [0.05, 0.1) is 38.5 Å². The minimum Gasteiger partial charge on any atom is -0.507 e. The number of hydrogen-bond donors (Lipinski definition) is 1. The topological polar surface area (TPSA) is 85.3 Å². The summed E-state index contributed by atoms with van der Waals surface area (Å²) in [6, 6.07) is 16.8. The van der Waals surface area contributed by atoms with Crippen LogP contribution in [0.5, 0.6) is 17.2 Å². The maximum absolute atomic E-state index is 13.4. The third-order valence-corrected chi connectivity index (χ3v) is 6.02. The Balaban J connectivity index is 1.99. The van der Waals surface area contributed by atoms with Crippen LogP contribution in [0.4, 0.5) is 5.69 Å². The number of amides is 1. The first kappa shape index (κ1) is 23.9. The molecule has 0 aliphatic carbocycles. The van der Waals surface area contributed by atoms with Crippen molar-refractivity contribution >= 4 is 23.1 Å². The molecule has 1 unspecified atom stereocenters. The highest BCUT2D eigenvalue weighted by atomic mass is 16.5. The Kier molecular flexibility index (Phi) is 6.51. The average molecular weight is 474 g/mol. The van der Waals surface area contributed by atoms with Crippen molar-refractivity contribution in [3.8, 4) is 17.2 Å². The smallest absolute Gasteiger partial charge is 0.300 e. The van der Waals surface area contributed by atoms with Gasteiger partial charge in [-0.2, -0.15) is 0 Å². The van der Waals surface area contributed by atoms with Gasteiger partial charge in [0.15, 0.2) is 0 Å². The zero-order chi connectivity index (χ0) is 25.3. The van der Waals surface area contributed by atoms with E-state index in [9.17, 15) is 14.7 Å². The number of methoxy groups -OCH3 is 3. The van der Waals surface area contributed by atoms with E-state index in [4.69, 9.17) is 14.2 Å². The molecule has 1 saturated heterocycles. The molecule has 0 radical (unpaired) electrons. The van der Waals surface area contributed by atoms with Gasteiger partial charge in [-0.1, -0.05) is 18.2 Å².